The molecule has 0 saturated carbocycles. The Kier molecular flexibility index (Phi) is 5.22. The lowest BCUT2D eigenvalue weighted by molar-refractivity contribution is 0.0475. The van der Waals surface area contributed by atoms with E-state index in [-0.39, 0.29) is 0 Å². The molecule has 1 saturated heterocycles. The van der Waals surface area contributed by atoms with Crippen molar-refractivity contribution in [2.24, 2.45) is 11.8 Å². The summed E-state index contributed by atoms with van der Waals surface area (Å²) in [5, 5.41) is 3.66. The van der Waals surface area contributed by atoms with Crippen molar-refractivity contribution < 1.29 is 4.74 Å². The summed E-state index contributed by atoms with van der Waals surface area (Å²) in [7, 11) is 0. The fourth-order valence-electron chi connectivity index (χ4n) is 3.61. The number of aryl methyl sites for hydroxylation is 1. The number of likely N-dealkylation sites (N-methyl/N-ethyl adjacent to an activating group) is 1. The van der Waals surface area contributed by atoms with Crippen LogP contribution in [0.25, 0.3) is 0 Å². The van der Waals surface area contributed by atoms with E-state index in [1.807, 2.05) is 6.20 Å². The maximum absolute atomic E-state index is 6.02. The SMILES string of the molecule is CCNC(Cc1nccn1CC)C1C(C)OC(C)C1C. The molecule has 0 amide bonds. The molecule has 0 bridgehead atoms. The minimum atomic E-state index is 0.314. The lowest BCUT2D eigenvalue weighted by Gasteiger charge is -2.29. The summed E-state index contributed by atoms with van der Waals surface area (Å²) >= 11 is 0. The first-order valence-electron chi connectivity index (χ1n) is 7.97. The number of aromatic nitrogens is 2. The quantitative estimate of drug-likeness (QED) is 0.869. The molecule has 4 nitrogen and oxygen atoms in total. The Hall–Kier alpha value is -0.870. The van der Waals surface area contributed by atoms with Crippen molar-refractivity contribution in [2.45, 2.75) is 65.8 Å². The number of imidazole rings is 1. The lowest BCUT2D eigenvalue weighted by Crippen LogP contribution is -2.43. The molecule has 5 atom stereocenters. The van der Waals surface area contributed by atoms with Gasteiger partial charge in [0.05, 0.1) is 12.2 Å². The number of hydrogen-bond donors (Lipinski definition) is 1. The van der Waals surface area contributed by atoms with Crippen molar-refractivity contribution in [1.29, 1.82) is 0 Å². The average Bonchev–Trinajstić information content (AvgIpc) is 2.95. The topological polar surface area (TPSA) is 39.1 Å². The van der Waals surface area contributed by atoms with Crippen molar-refractivity contribution in [3.05, 3.63) is 18.2 Å². The Morgan fingerprint density at radius 3 is 2.60 bits per heavy atom. The van der Waals surface area contributed by atoms with Crippen molar-refractivity contribution >= 4 is 0 Å². The highest BCUT2D eigenvalue weighted by Gasteiger charge is 2.41. The summed E-state index contributed by atoms with van der Waals surface area (Å²) in [6.07, 6.45) is 5.61. The van der Waals surface area contributed by atoms with Crippen LogP contribution in [0.15, 0.2) is 12.4 Å². The van der Waals surface area contributed by atoms with Gasteiger partial charge in [0.1, 0.15) is 5.82 Å². The van der Waals surface area contributed by atoms with Gasteiger partial charge in [-0.1, -0.05) is 13.8 Å². The van der Waals surface area contributed by atoms with E-state index >= 15 is 0 Å². The van der Waals surface area contributed by atoms with Gasteiger partial charge in [0, 0.05) is 37.3 Å². The molecule has 0 radical (unpaired) electrons. The molecular formula is C16H29N3O. The van der Waals surface area contributed by atoms with E-state index in [0.717, 1.165) is 19.5 Å². The predicted molar refractivity (Wildman–Crippen MR) is 81.7 cm³/mol. The third-order valence-corrected chi connectivity index (χ3v) is 4.79. The summed E-state index contributed by atoms with van der Waals surface area (Å²) < 4.78 is 8.26. The molecule has 2 heterocycles. The molecule has 0 aliphatic carbocycles. The predicted octanol–water partition coefficient (Wildman–Crippen LogP) is 2.48. The van der Waals surface area contributed by atoms with Gasteiger partial charge in [-0.2, -0.15) is 0 Å². The molecule has 114 valence electrons. The zero-order chi connectivity index (χ0) is 14.7. The first-order valence-corrected chi connectivity index (χ1v) is 7.97. The van der Waals surface area contributed by atoms with Gasteiger partial charge in [0.2, 0.25) is 0 Å². The molecule has 1 aromatic heterocycles. The Bertz CT molecular complexity index is 418. The van der Waals surface area contributed by atoms with Crippen LogP contribution in [-0.4, -0.2) is 34.3 Å². The van der Waals surface area contributed by atoms with Gasteiger partial charge in [-0.15, -0.1) is 0 Å². The number of ether oxygens (including phenoxy) is 1. The summed E-state index contributed by atoms with van der Waals surface area (Å²) in [6.45, 7) is 13.0. The maximum Gasteiger partial charge on any atom is 0.110 e. The monoisotopic (exact) mass is 279 g/mol. The number of rotatable bonds is 6. The van der Waals surface area contributed by atoms with E-state index in [2.05, 4.69) is 55.7 Å². The smallest absolute Gasteiger partial charge is 0.110 e. The van der Waals surface area contributed by atoms with E-state index in [0.29, 0.717) is 30.1 Å². The molecule has 1 fully saturated rings. The van der Waals surface area contributed by atoms with Crippen LogP contribution >= 0.6 is 0 Å². The first kappa shape index (κ1) is 15.5. The van der Waals surface area contributed by atoms with Crippen molar-refractivity contribution in [2.75, 3.05) is 6.54 Å². The normalized spacial score (nSPS) is 31.6. The number of hydrogen-bond acceptors (Lipinski definition) is 3. The first-order chi connectivity index (χ1) is 9.58. The van der Waals surface area contributed by atoms with E-state index < -0.39 is 0 Å². The van der Waals surface area contributed by atoms with E-state index in [9.17, 15) is 0 Å². The Morgan fingerprint density at radius 1 is 1.30 bits per heavy atom. The Labute approximate surface area is 122 Å². The van der Waals surface area contributed by atoms with Crippen LogP contribution in [0.4, 0.5) is 0 Å². The van der Waals surface area contributed by atoms with Crippen LogP contribution < -0.4 is 5.32 Å². The van der Waals surface area contributed by atoms with Crippen LogP contribution in [0.2, 0.25) is 0 Å². The fourth-order valence-corrected chi connectivity index (χ4v) is 3.61. The van der Waals surface area contributed by atoms with E-state index in [1.54, 1.807) is 0 Å². The molecule has 1 aromatic rings. The third kappa shape index (κ3) is 3.07. The van der Waals surface area contributed by atoms with Gasteiger partial charge in [0.25, 0.3) is 0 Å². The molecule has 0 spiro atoms. The minimum absolute atomic E-state index is 0.314. The molecular weight excluding hydrogens is 250 g/mol. The fraction of sp³-hybridized carbons (Fsp3) is 0.812. The number of nitrogens with zero attached hydrogens (tertiary/aromatic N) is 2. The highest BCUT2D eigenvalue weighted by molar-refractivity contribution is 5.00. The van der Waals surface area contributed by atoms with Crippen LogP contribution in [0.1, 0.15) is 40.4 Å². The van der Waals surface area contributed by atoms with Gasteiger partial charge in [-0.25, -0.2) is 4.98 Å². The molecule has 4 heteroatoms. The molecule has 20 heavy (non-hydrogen) atoms. The molecule has 2 rings (SSSR count). The molecule has 1 aliphatic heterocycles. The van der Waals surface area contributed by atoms with Gasteiger partial charge >= 0.3 is 0 Å². The second-order valence-corrected chi connectivity index (χ2v) is 5.98. The van der Waals surface area contributed by atoms with E-state index in [1.165, 1.54) is 5.82 Å². The molecule has 5 unspecified atom stereocenters. The maximum atomic E-state index is 6.02. The van der Waals surface area contributed by atoms with Crippen LogP contribution in [-0.2, 0) is 17.7 Å². The average molecular weight is 279 g/mol. The Morgan fingerprint density at radius 2 is 2.05 bits per heavy atom. The standard InChI is InChI=1S/C16H29N3O/c1-6-17-14(10-15-18-8-9-19(15)7-2)16-11(3)12(4)20-13(16)5/h8-9,11-14,16-17H,6-7,10H2,1-5H3. The van der Waals surface area contributed by atoms with Crippen LogP contribution in [0.5, 0.6) is 0 Å². The van der Waals surface area contributed by atoms with Crippen molar-refractivity contribution in [3.8, 4) is 0 Å². The second kappa shape index (κ2) is 6.72. The summed E-state index contributed by atoms with van der Waals surface area (Å²) in [5.74, 6) is 2.31. The summed E-state index contributed by atoms with van der Waals surface area (Å²) in [4.78, 5) is 4.53. The third-order valence-electron chi connectivity index (χ3n) is 4.79. The zero-order valence-corrected chi connectivity index (χ0v) is 13.5. The summed E-state index contributed by atoms with van der Waals surface area (Å²) in [6, 6.07) is 0.433. The van der Waals surface area contributed by atoms with Gasteiger partial charge in [0.15, 0.2) is 0 Å². The summed E-state index contributed by atoms with van der Waals surface area (Å²) in [5.41, 5.74) is 0. The van der Waals surface area contributed by atoms with Crippen molar-refractivity contribution in [3.63, 3.8) is 0 Å². The van der Waals surface area contributed by atoms with Crippen LogP contribution in [0.3, 0.4) is 0 Å². The van der Waals surface area contributed by atoms with Gasteiger partial charge < -0.3 is 14.6 Å². The highest BCUT2D eigenvalue weighted by Crippen LogP contribution is 2.35. The second-order valence-electron chi connectivity index (χ2n) is 5.98. The van der Waals surface area contributed by atoms with E-state index in [4.69, 9.17) is 4.74 Å². The highest BCUT2D eigenvalue weighted by atomic mass is 16.5. The Balaban J connectivity index is 2.14. The largest absolute Gasteiger partial charge is 0.375 e. The van der Waals surface area contributed by atoms with Crippen LogP contribution in [0, 0.1) is 11.8 Å². The molecule has 1 aliphatic rings. The molecule has 0 aromatic carbocycles. The zero-order valence-electron chi connectivity index (χ0n) is 13.5. The molecule has 1 N–H and O–H groups in total. The van der Waals surface area contributed by atoms with Gasteiger partial charge in [-0.05, 0) is 33.2 Å². The number of nitrogens with one attached hydrogen (secondary N) is 1. The van der Waals surface area contributed by atoms with Gasteiger partial charge in [-0.3, -0.25) is 0 Å². The lowest BCUT2D eigenvalue weighted by atomic mass is 9.82. The van der Waals surface area contributed by atoms with Crippen molar-refractivity contribution in [1.82, 2.24) is 14.9 Å². The minimum Gasteiger partial charge on any atom is -0.375 e.